The van der Waals surface area contributed by atoms with Crippen LogP contribution in [0, 0.1) is 0 Å². The lowest BCUT2D eigenvalue weighted by molar-refractivity contribution is 0.820. The van der Waals surface area contributed by atoms with Gasteiger partial charge in [-0.15, -0.1) is 0 Å². The molecule has 24 heavy (non-hydrogen) atoms. The number of hydrogen-bond donors (Lipinski definition) is 4. The fourth-order valence-corrected chi connectivity index (χ4v) is 2.77. The van der Waals surface area contributed by atoms with Crippen molar-refractivity contribution in [3.05, 3.63) is 46.8 Å². The Hall–Kier alpha value is -1.46. The molecule has 4 nitrogen and oxygen atoms in total. The van der Waals surface area contributed by atoms with Gasteiger partial charge in [0.05, 0.1) is 5.84 Å². The van der Waals surface area contributed by atoms with Crippen molar-refractivity contribution < 1.29 is 0 Å². The minimum atomic E-state index is 0.176. The normalized spacial score (nSPS) is 16.0. The second-order valence-electron chi connectivity index (χ2n) is 6.09. The Kier molecular flexibility index (Phi) is 11.3. The number of nitrogens with two attached hydrogens (primary N) is 3. The van der Waals surface area contributed by atoms with Gasteiger partial charge in [-0.2, -0.15) is 12.6 Å². The van der Waals surface area contributed by atoms with Crippen molar-refractivity contribution in [2.45, 2.75) is 58.6 Å². The van der Waals surface area contributed by atoms with Crippen LogP contribution in [-0.2, 0) is 0 Å². The van der Waals surface area contributed by atoms with Gasteiger partial charge in [-0.25, -0.2) is 4.99 Å². The molecule has 1 atom stereocenters. The molecule has 0 aromatic rings. The van der Waals surface area contributed by atoms with Gasteiger partial charge in [0, 0.05) is 23.6 Å². The Morgan fingerprint density at radius 2 is 1.92 bits per heavy atom. The highest BCUT2D eigenvalue weighted by Crippen LogP contribution is 2.27. The lowest BCUT2D eigenvalue weighted by Crippen LogP contribution is -2.07. The molecule has 0 aromatic carbocycles. The molecule has 6 N–H and O–H groups in total. The van der Waals surface area contributed by atoms with Crippen LogP contribution in [0.15, 0.2) is 51.8 Å². The Labute approximate surface area is 153 Å². The SMILES string of the molecule is C=C(N)/C(=C\N=C(C)N)CC(/C=C(/C)CCCN)=C(/CC)C(C)S. The fourth-order valence-electron chi connectivity index (χ4n) is 2.43. The van der Waals surface area contributed by atoms with Crippen LogP contribution >= 0.6 is 12.6 Å². The van der Waals surface area contributed by atoms with E-state index in [0.717, 1.165) is 24.8 Å². The molecule has 0 rings (SSSR count). The van der Waals surface area contributed by atoms with Crippen LogP contribution in [-0.4, -0.2) is 17.6 Å². The molecule has 0 spiro atoms. The summed E-state index contributed by atoms with van der Waals surface area (Å²) in [5.74, 6) is 0.493. The molecule has 0 aliphatic rings. The summed E-state index contributed by atoms with van der Waals surface area (Å²) in [6.07, 6.45) is 7.51. The molecule has 0 aromatic heterocycles. The zero-order valence-electron chi connectivity index (χ0n) is 15.6. The number of aliphatic imine (C=N–C) groups is 1. The fraction of sp³-hybridized carbons (Fsp3) is 0.526. The summed E-state index contributed by atoms with van der Waals surface area (Å²) in [5, 5.41) is 0.176. The number of allylic oxidation sites excluding steroid dienone is 4. The topological polar surface area (TPSA) is 90.4 Å². The van der Waals surface area contributed by atoms with Crippen molar-refractivity contribution in [2.75, 3.05) is 6.54 Å². The number of hydrogen-bond acceptors (Lipinski definition) is 4. The van der Waals surface area contributed by atoms with Gasteiger partial charge >= 0.3 is 0 Å². The van der Waals surface area contributed by atoms with Crippen molar-refractivity contribution in [3.63, 3.8) is 0 Å². The van der Waals surface area contributed by atoms with Gasteiger partial charge in [0.2, 0.25) is 0 Å². The molecule has 0 aliphatic carbocycles. The van der Waals surface area contributed by atoms with E-state index in [-0.39, 0.29) is 5.25 Å². The summed E-state index contributed by atoms with van der Waals surface area (Å²) in [6, 6.07) is 0. The highest BCUT2D eigenvalue weighted by atomic mass is 32.1. The second kappa shape index (κ2) is 12.0. The second-order valence-corrected chi connectivity index (χ2v) is 6.86. The maximum Gasteiger partial charge on any atom is 0.0957 e. The summed E-state index contributed by atoms with van der Waals surface area (Å²) >= 11 is 4.64. The van der Waals surface area contributed by atoms with Crippen LogP contribution in [0.2, 0.25) is 0 Å². The highest BCUT2D eigenvalue weighted by molar-refractivity contribution is 7.81. The molecule has 1 unspecified atom stereocenters. The summed E-state index contributed by atoms with van der Waals surface area (Å²) in [5.41, 5.74) is 22.4. The predicted octanol–water partition coefficient (Wildman–Crippen LogP) is 3.82. The van der Waals surface area contributed by atoms with Crippen LogP contribution in [0.3, 0.4) is 0 Å². The molecule has 0 saturated heterocycles. The molecule has 0 bridgehead atoms. The monoisotopic (exact) mass is 350 g/mol. The molecule has 0 radical (unpaired) electrons. The lowest BCUT2D eigenvalue weighted by atomic mass is 9.93. The van der Waals surface area contributed by atoms with Crippen molar-refractivity contribution in [2.24, 2.45) is 22.2 Å². The molecule has 0 fully saturated rings. The lowest BCUT2D eigenvalue weighted by Gasteiger charge is -2.17. The highest BCUT2D eigenvalue weighted by Gasteiger charge is 2.11. The first kappa shape index (κ1) is 22.5. The first-order chi connectivity index (χ1) is 11.2. The van der Waals surface area contributed by atoms with Gasteiger partial charge in [-0.05, 0) is 57.7 Å². The Bertz CT molecular complexity index is 536. The van der Waals surface area contributed by atoms with E-state index < -0.39 is 0 Å². The Morgan fingerprint density at radius 1 is 1.29 bits per heavy atom. The third-order valence-electron chi connectivity index (χ3n) is 3.71. The summed E-state index contributed by atoms with van der Waals surface area (Å²) in [6.45, 7) is 12.7. The molecule has 0 saturated carbocycles. The van der Waals surface area contributed by atoms with E-state index >= 15 is 0 Å². The van der Waals surface area contributed by atoms with Crippen molar-refractivity contribution in [1.82, 2.24) is 0 Å². The molecular formula is C19H34N4S. The minimum absolute atomic E-state index is 0.176. The average molecular weight is 351 g/mol. The first-order valence-corrected chi connectivity index (χ1v) is 8.95. The van der Waals surface area contributed by atoms with E-state index in [1.807, 2.05) is 0 Å². The number of thiol groups is 1. The summed E-state index contributed by atoms with van der Waals surface area (Å²) in [7, 11) is 0. The Morgan fingerprint density at radius 3 is 2.33 bits per heavy atom. The predicted molar refractivity (Wildman–Crippen MR) is 111 cm³/mol. The van der Waals surface area contributed by atoms with E-state index in [0.29, 0.717) is 24.5 Å². The molecule has 5 heteroatoms. The van der Waals surface area contributed by atoms with Gasteiger partial charge in [0.15, 0.2) is 0 Å². The van der Waals surface area contributed by atoms with Gasteiger partial charge in [-0.1, -0.05) is 30.7 Å². The zero-order valence-corrected chi connectivity index (χ0v) is 16.5. The minimum Gasteiger partial charge on any atom is -0.399 e. The smallest absolute Gasteiger partial charge is 0.0957 e. The Balaban J connectivity index is 5.83. The van der Waals surface area contributed by atoms with Crippen molar-refractivity contribution in [1.29, 1.82) is 0 Å². The van der Waals surface area contributed by atoms with Gasteiger partial charge in [0.1, 0.15) is 0 Å². The zero-order chi connectivity index (χ0) is 18.7. The van der Waals surface area contributed by atoms with Crippen LogP contribution in [0.4, 0.5) is 0 Å². The third-order valence-corrected chi connectivity index (χ3v) is 4.02. The van der Waals surface area contributed by atoms with Crippen LogP contribution < -0.4 is 17.2 Å². The number of amidine groups is 1. The molecule has 0 heterocycles. The van der Waals surface area contributed by atoms with Crippen LogP contribution in [0.1, 0.15) is 53.4 Å². The largest absolute Gasteiger partial charge is 0.399 e. The van der Waals surface area contributed by atoms with E-state index in [4.69, 9.17) is 17.2 Å². The van der Waals surface area contributed by atoms with E-state index in [9.17, 15) is 0 Å². The summed E-state index contributed by atoms with van der Waals surface area (Å²) < 4.78 is 0. The molecule has 0 amide bonds. The maximum absolute atomic E-state index is 5.95. The quantitative estimate of drug-likeness (QED) is 0.209. The standard InChI is InChI=1S/C19H34N4S/c1-6-19(15(4)24)17(10-13(2)8-7-9-20)11-18(14(3)21)12-23-16(5)22/h10,12,15,24H,3,6-9,11,20-21H2,1-2,4-5H3,(H2,22,23)/b13-10-,18-12-,19-17-. The van der Waals surface area contributed by atoms with E-state index in [2.05, 4.69) is 51.0 Å². The summed E-state index contributed by atoms with van der Waals surface area (Å²) in [4.78, 5) is 4.17. The number of rotatable bonds is 10. The van der Waals surface area contributed by atoms with Crippen LogP contribution in [0.25, 0.3) is 0 Å². The molecular weight excluding hydrogens is 316 g/mol. The first-order valence-electron chi connectivity index (χ1n) is 8.43. The van der Waals surface area contributed by atoms with E-state index in [1.54, 1.807) is 13.1 Å². The van der Waals surface area contributed by atoms with Gasteiger partial charge in [0.25, 0.3) is 0 Å². The van der Waals surface area contributed by atoms with Crippen LogP contribution in [0.5, 0.6) is 0 Å². The molecule has 136 valence electrons. The van der Waals surface area contributed by atoms with Gasteiger partial charge < -0.3 is 17.2 Å². The maximum atomic E-state index is 5.95. The average Bonchev–Trinajstić information content (AvgIpc) is 2.48. The molecule has 0 aliphatic heterocycles. The van der Waals surface area contributed by atoms with Crippen molar-refractivity contribution in [3.8, 4) is 0 Å². The third kappa shape index (κ3) is 8.99. The van der Waals surface area contributed by atoms with E-state index in [1.165, 1.54) is 16.7 Å². The van der Waals surface area contributed by atoms with Gasteiger partial charge in [-0.3, -0.25) is 0 Å². The number of nitrogens with zero attached hydrogens (tertiary/aromatic N) is 1. The van der Waals surface area contributed by atoms with Crippen molar-refractivity contribution >= 4 is 18.5 Å².